The van der Waals surface area contributed by atoms with Gasteiger partial charge in [-0.3, -0.25) is 0 Å². The number of fused-ring (bicyclic) bond motifs is 5. The summed E-state index contributed by atoms with van der Waals surface area (Å²) in [6.07, 6.45) is 10.4. The van der Waals surface area contributed by atoms with E-state index in [-0.39, 0.29) is 0 Å². The summed E-state index contributed by atoms with van der Waals surface area (Å²) >= 11 is 1.80. The molecule has 2 fully saturated rings. The fraction of sp³-hybridized carbons (Fsp3) is 0.591. The summed E-state index contributed by atoms with van der Waals surface area (Å²) in [6.45, 7) is 5.68. The third-order valence-corrected chi connectivity index (χ3v) is 7.72. The lowest BCUT2D eigenvalue weighted by Gasteiger charge is -2.31. The molecular formula is C22H27N5OS. The van der Waals surface area contributed by atoms with Gasteiger partial charge in [-0.25, -0.2) is 15.0 Å². The lowest BCUT2D eigenvalue weighted by Crippen LogP contribution is -2.37. The van der Waals surface area contributed by atoms with E-state index in [1.807, 2.05) is 0 Å². The van der Waals surface area contributed by atoms with Crippen molar-refractivity contribution in [1.29, 1.82) is 0 Å². The molecule has 0 amide bonds. The molecule has 0 unspecified atom stereocenters. The zero-order valence-electron chi connectivity index (χ0n) is 16.8. The van der Waals surface area contributed by atoms with E-state index >= 15 is 0 Å². The average Bonchev–Trinajstić information content (AvgIpc) is 3.18. The summed E-state index contributed by atoms with van der Waals surface area (Å²) in [6, 6.07) is 0. The highest BCUT2D eigenvalue weighted by atomic mass is 32.1. The molecule has 6 nitrogen and oxygen atoms in total. The van der Waals surface area contributed by atoms with Gasteiger partial charge in [-0.2, -0.15) is 0 Å². The Kier molecular flexibility index (Phi) is 4.53. The van der Waals surface area contributed by atoms with Crippen LogP contribution in [0.4, 0.5) is 11.6 Å². The van der Waals surface area contributed by atoms with Gasteiger partial charge in [0.2, 0.25) is 0 Å². The van der Waals surface area contributed by atoms with Crippen LogP contribution in [-0.4, -0.2) is 54.3 Å². The first-order valence-corrected chi connectivity index (χ1v) is 11.9. The number of anilines is 2. The molecule has 0 bridgehead atoms. The maximum absolute atomic E-state index is 5.59. The first-order valence-electron chi connectivity index (χ1n) is 11.1. The van der Waals surface area contributed by atoms with Crippen LogP contribution >= 0.6 is 11.3 Å². The molecule has 2 aliphatic heterocycles. The summed E-state index contributed by atoms with van der Waals surface area (Å²) in [5, 5.41) is 1.30. The van der Waals surface area contributed by atoms with E-state index in [1.54, 1.807) is 17.7 Å². The van der Waals surface area contributed by atoms with Gasteiger partial charge in [0.25, 0.3) is 0 Å². The molecule has 0 aromatic carbocycles. The molecule has 0 radical (unpaired) electrons. The Bertz CT molecular complexity index is 1050. The first-order chi connectivity index (χ1) is 14.4. The molecule has 6 rings (SSSR count). The lowest BCUT2D eigenvalue weighted by molar-refractivity contribution is 0.122. The topological polar surface area (TPSA) is 54.4 Å². The maximum atomic E-state index is 5.59. The third kappa shape index (κ3) is 2.97. The second-order valence-corrected chi connectivity index (χ2v) is 9.40. The van der Waals surface area contributed by atoms with E-state index in [4.69, 9.17) is 19.7 Å². The van der Waals surface area contributed by atoms with Crippen LogP contribution in [0, 0.1) is 0 Å². The number of pyridine rings is 1. The smallest absolute Gasteiger partial charge is 0.150 e. The van der Waals surface area contributed by atoms with Crippen molar-refractivity contribution in [2.24, 2.45) is 0 Å². The summed E-state index contributed by atoms with van der Waals surface area (Å²) in [5.74, 6) is 2.32. The van der Waals surface area contributed by atoms with Gasteiger partial charge in [0.1, 0.15) is 22.8 Å². The van der Waals surface area contributed by atoms with Gasteiger partial charge in [-0.05, 0) is 56.1 Å². The number of ether oxygens (including phenoxy) is 1. The standard InChI is InChI=1S/C22H27N5OS/c1-4-8-26(9-5-1)21-19-18(23-14-24-21)17-15-6-2-3-7-16(15)20(25-22(17)29-19)27-10-12-28-13-11-27/h14H,1-13H2. The summed E-state index contributed by atoms with van der Waals surface area (Å²) in [5.41, 5.74) is 4.08. The fourth-order valence-corrected chi connectivity index (χ4v) is 6.37. The molecule has 0 N–H and O–H groups in total. The molecule has 152 valence electrons. The Balaban J connectivity index is 1.57. The largest absolute Gasteiger partial charge is 0.378 e. The summed E-state index contributed by atoms with van der Waals surface area (Å²) in [4.78, 5) is 20.8. The van der Waals surface area contributed by atoms with E-state index in [2.05, 4.69) is 9.80 Å². The molecule has 3 aromatic heterocycles. The predicted molar refractivity (Wildman–Crippen MR) is 118 cm³/mol. The number of aryl methyl sites for hydroxylation is 1. The average molecular weight is 410 g/mol. The second-order valence-electron chi connectivity index (χ2n) is 8.40. The number of rotatable bonds is 2. The highest BCUT2D eigenvalue weighted by Crippen LogP contribution is 2.43. The summed E-state index contributed by atoms with van der Waals surface area (Å²) in [7, 11) is 0. The van der Waals surface area contributed by atoms with Gasteiger partial charge < -0.3 is 14.5 Å². The number of nitrogens with zero attached hydrogens (tertiary/aromatic N) is 5. The predicted octanol–water partition coefficient (Wildman–Crippen LogP) is 3.95. The van der Waals surface area contributed by atoms with Crippen molar-refractivity contribution >= 4 is 43.4 Å². The molecule has 0 saturated carbocycles. The Morgan fingerprint density at radius 3 is 2.38 bits per heavy atom. The number of hydrogen-bond acceptors (Lipinski definition) is 7. The number of aromatic nitrogens is 3. The highest BCUT2D eigenvalue weighted by Gasteiger charge is 2.27. The lowest BCUT2D eigenvalue weighted by atomic mass is 9.90. The SMILES string of the molecule is c1nc(N2CCCCC2)c2sc3nc(N4CCOCC4)c4c(c3c2n1)CCCC4. The molecule has 29 heavy (non-hydrogen) atoms. The zero-order valence-corrected chi connectivity index (χ0v) is 17.6. The van der Waals surface area contributed by atoms with E-state index in [9.17, 15) is 0 Å². The van der Waals surface area contributed by atoms with Crippen LogP contribution in [0.25, 0.3) is 20.4 Å². The van der Waals surface area contributed by atoms with Crippen molar-refractivity contribution in [3.05, 3.63) is 17.5 Å². The monoisotopic (exact) mass is 409 g/mol. The number of piperidine rings is 1. The minimum atomic E-state index is 0.797. The van der Waals surface area contributed by atoms with Crippen molar-refractivity contribution in [2.45, 2.75) is 44.9 Å². The quantitative estimate of drug-likeness (QED) is 0.639. The van der Waals surface area contributed by atoms with Crippen LogP contribution in [-0.2, 0) is 17.6 Å². The minimum Gasteiger partial charge on any atom is -0.378 e. The maximum Gasteiger partial charge on any atom is 0.150 e. The molecule has 0 atom stereocenters. The Morgan fingerprint density at radius 1 is 0.793 bits per heavy atom. The van der Waals surface area contributed by atoms with Gasteiger partial charge >= 0.3 is 0 Å². The van der Waals surface area contributed by atoms with Crippen LogP contribution in [0.3, 0.4) is 0 Å². The number of thiophene rings is 1. The van der Waals surface area contributed by atoms with Crippen molar-refractivity contribution in [1.82, 2.24) is 15.0 Å². The second kappa shape index (κ2) is 7.36. The molecule has 1 aliphatic carbocycles. The number of hydrogen-bond donors (Lipinski definition) is 0. The first kappa shape index (κ1) is 17.8. The van der Waals surface area contributed by atoms with Crippen molar-refractivity contribution in [2.75, 3.05) is 49.2 Å². The molecule has 3 aromatic rings. The van der Waals surface area contributed by atoms with Crippen molar-refractivity contribution < 1.29 is 4.74 Å². The van der Waals surface area contributed by atoms with E-state index in [0.29, 0.717) is 0 Å². The van der Waals surface area contributed by atoms with E-state index in [0.717, 1.165) is 68.4 Å². The Hall–Kier alpha value is -1.99. The fourth-order valence-electron chi connectivity index (χ4n) is 5.20. The minimum absolute atomic E-state index is 0.797. The van der Waals surface area contributed by atoms with Crippen molar-refractivity contribution in [3.63, 3.8) is 0 Å². The Morgan fingerprint density at radius 2 is 1.55 bits per heavy atom. The van der Waals surface area contributed by atoms with Gasteiger partial charge in [-0.1, -0.05) is 0 Å². The van der Waals surface area contributed by atoms with Gasteiger partial charge in [0.15, 0.2) is 0 Å². The molecule has 3 aliphatic rings. The van der Waals surface area contributed by atoms with Crippen LogP contribution in [0.1, 0.15) is 43.2 Å². The number of morpholine rings is 1. The van der Waals surface area contributed by atoms with Crippen LogP contribution in [0.15, 0.2) is 6.33 Å². The zero-order chi connectivity index (χ0) is 19.2. The molecule has 2 saturated heterocycles. The van der Waals surface area contributed by atoms with E-state index in [1.165, 1.54) is 59.1 Å². The van der Waals surface area contributed by atoms with Gasteiger partial charge in [-0.15, -0.1) is 11.3 Å². The van der Waals surface area contributed by atoms with Crippen LogP contribution < -0.4 is 9.80 Å². The van der Waals surface area contributed by atoms with Gasteiger partial charge in [0, 0.05) is 31.6 Å². The Labute approximate surface area is 174 Å². The molecule has 5 heterocycles. The third-order valence-electron chi connectivity index (χ3n) is 6.65. The van der Waals surface area contributed by atoms with Crippen LogP contribution in [0.2, 0.25) is 0 Å². The molecule has 7 heteroatoms. The molecule has 0 spiro atoms. The molecular weight excluding hydrogens is 382 g/mol. The van der Waals surface area contributed by atoms with Crippen molar-refractivity contribution in [3.8, 4) is 0 Å². The van der Waals surface area contributed by atoms with E-state index < -0.39 is 0 Å². The van der Waals surface area contributed by atoms with Gasteiger partial charge in [0.05, 0.1) is 23.4 Å². The highest BCUT2D eigenvalue weighted by molar-refractivity contribution is 7.26. The summed E-state index contributed by atoms with van der Waals surface area (Å²) < 4.78 is 6.82. The normalized spacial score (nSPS) is 20.4. The van der Waals surface area contributed by atoms with Crippen LogP contribution in [0.5, 0.6) is 0 Å².